The largest absolute Gasteiger partial charge is 0.455 e. The van der Waals surface area contributed by atoms with Gasteiger partial charge in [0.2, 0.25) is 0 Å². The number of halogens is 1. The maximum absolute atomic E-state index is 12.7. The summed E-state index contributed by atoms with van der Waals surface area (Å²) in [6, 6.07) is 5.74. The standard InChI is InChI=1S/C19H22BrNO3/c1-10-5-6-13(12(20)7-10)21-18(23)17-11(2)16-14(22)8-19(3,4)9-15(16)24-17/h5-7,14,22H,8-9H2,1-4H3,(H,21,23)/t14-/m1/s1. The van der Waals surface area contributed by atoms with Crippen LogP contribution in [0.1, 0.15) is 59.4 Å². The first-order valence-corrected chi connectivity index (χ1v) is 8.85. The normalized spacial score (nSPS) is 19.0. The van der Waals surface area contributed by atoms with Gasteiger partial charge in [-0.25, -0.2) is 0 Å². The summed E-state index contributed by atoms with van der Waals surface area (Å²) >= 11 is 3.46. The van der Waals surface area contributed by atoms with Gasteiger partial charge in [0.25, 0.3) is 5.91 Å². The molecule has 0 bridgehead atoms. The van der Waals surface area contributed by atoms with E-state index in [1.807, 2.05) is 32.0 Å². The number of carbonyl (C=O) groups excluding carboxylic acids is 1. The molecule has 5 heteroatoms. The lowest BCUT2D eigenvalue weighted by Gasteiger charge is -2.31. The molecule has 128 valence electrons. The highest BCUT2D eigenvalue weighted by Crippen LogP contribution is 2.44. The summed E-state index contributed by atoms with van der Waals surface area (Å²) in [6.45, 7) is 8.02. The number of benzene rings is 1. The van der Waals surface area contributed by atoms with Gasteiger partial charge in [-0.1, -0.05) is 19.9 Å². The van der Waals surface area contributed by atoms with Crippen LogP contribution < -0.4 is 5.32 Å². The van der Waals surface area contributed by atoms with Gasteiger partial charge in [-0.15, -0.1) is 0 Å². The molecule has 24 heavy (non-hydrogen) atoms. The van der Waals surface area contributed by atoms with Crippen LogP contribution in [0.5, 0.6) is 0 Å². The minimum absolute atomic E-state index is 0.0373. The molecule has 0 radical (unpaired) electrons. The summed E-state index contributed by atoms with van der Waals surface area (Å²) in [5.41, 5.74) is 3.27. The van der Waals surface area contributed by atoms with E-state index in [1.165, 1.54) is 0 Å². The van der Waals surface area contributed by atoms with Crippen molar-refractivity contribution in [1.29, 1.82) is 0 Å². The zero-order valence-electron chi connectivity index (χ0n) is 14.4. The second kappa shape index (κ2) is 6.05. The molecule has 0 unspecified atom stereocenters. The van der Waals surface area contributed by atoms with Crippen molar-refractivity contribution in [1.82, 2.24) is 0 Å². The van der Waals surface area contributed by atoms with Crippen molar-refractivity contribution in [3.8, 4) is 0 Å². The summed E-state index contributed by atoms with van der Waals surface area (Å²) in [7, 11) is 0. The van der Waals surface area contributed by atoms with Gasteiger partial charge in [0.1, 0.15) is 5.76 Å². The number of hydrogen-bond acceptors (Lipinski definition) is 3. The number of aryl methyl sites for hydroxylation is 1. The number of aliphatic hydroxyl groups excluding tert-OH is 1. The van der Waals surface area contributed by atoms with Crippen LogP contribution in [-0.4, -0.2) is 11.0 Å². The van der Waals surface area contributed by atoms with Crippen LogP contribution in [0.4, 0.5) is 5.69 Å². The van der Waals surface area contributed by atoms with Crippen LogP contribution in [0.15, 0.2) is 27.1 Å². The van der Waals surface area contributed by atoms with Crippen LogP contribution in [-0.2, 0) is 6.42 Å². The smallest absolute Gasteiger partial charge is 0.291 e. The third-order valence-corrected chi connectivity index (χ3v) is 5.22. The van der Waals surface area contributed by atoms with E-state index in [0.717, 1.165) is 33.3 Å². The van der Waals surface area contributed by atoms with Gasteiger partial charge in [-0.3, -0.25) is 4.79 Å². The average Bonchev–Trinajstić information content (AvgIpc) is 2.77. The molecular weight excluding hydrogens is 370 g/mol. The third kappa shape index (κ3) is 3.15. The summed E-state index contributed by atoms with van der Waals surface area (Å²) in [5.74, 6) is 0.713. The van der Waals surface area contributed by atoms with Crippen LogP contribution in [0.3, 0.4) is 0 Å². The molecule has 0 saturated carbocycles. The average molecular weight is 392 g/mol. The quantitative estimate of drug-likeness (QED) is 0.763. The molecule has 0 saturated heterocycles. The summed E-state index contributed by atoms with van der Waals surface area (Å²) in [4.78, 5) is 12.7. The van der Waals surface area contributed by atoms with Crippen LogP contribution in [0, 0.1) is 19.3 Å². The van der Waals surface area contributed by atoms with Crippen molar-refractivity contribution >= 4 is 27.5 Å². The Labute approximate surface area is 150 Å². The van der Waals surface area contributed by atoms with E-state index in [-0.39, 0.29) is 17.1 Å². The lowest BCUT2D eigenvalue weighted by Crippen LogP contribution is -2.24. The SMILES string of the molecule is Cc1ccc(NC(=O)c2oc3c(c2C)[C@H](O)CC(C)(C)C3)c(Br)c1. The predicted molar refractivity (Wildman–Crippen MR) is 97.3 cm³/mol. The number of amides is 1. The number of carbonyl (C=O) groups is 1. The van der Waals surface area contributed by atoms with Crippen molar-refractivity contribution in [2.75, 3.05) is 5.32 Å². The van der Waals surface area contributed by atoms with Gasteiger partial charge < -0.3 is 14.8 Å². The van der Waals surface area contributed by atoms with E-state index < -0.39 is 6.10 Å². The molecule has 1 aliphatic rings. The second-order valence-electron chi connectivity index (χ2n) is 7.39. The van der Waals surface area contributed by atoms with Gasteiger partial charge >= 0.3 is 0 Å². The van der Waals surface area contributed by atoms with Gasteiger partial charge in [-0.05, 0) is 59.3 Å². The van der Waals surface area contributed by atoms with Crippen LogP contribution in [0.2, 0.25) is 0 Å². The number of rotatable bonds is 2. The highest BCUT2D eigenvalue weighted by Gasteiger charge is 2.37. The Balaban J connectivity index is 1.92. The summed E-state index contributed by atoms with van der Waals surface area (Å²) in [5, 5.41) is 13.3. The number of anilines is 1. The van der Waals surface area contributed by atoms with E-state index in [2.05, 4.69) is 35.1 Å². The van der Waals surface area contributed by atoms with Crippen molar-refractivity contribution in [2.24, 2.45) is 5.41 Å². The maximum Gasteiger partial charge on any atom is 0.291 e. The molecule has 0 spiro atoms. The van der Waals surface area contributed by atoms with E-state index in [0.29, 0.717) is 12.1 Å². The number of fused-ring (bicyclic) bond motifs is 1. The Morgan fingerprint density at radius 1 is 1.38 bits per heavy atom. The Morgan fingerprint density at radius 2 is 2.08 bits per heavy atom. The van der Waals surface area contributed by atoms with E-state index in [9.17, 15) is 9.90 Å². The van der Waals surface area contributed by atoms with E-state index in [4.69, 9.17) is 4.42 Å². The predicted octanol–water partition coefficient (Wildman–Crippen LogP) is 4.92. The van der Waals surface area contributed by atoms with Gasteiger partial charge in [0, 0.05) is 22.0 Å². The first-order chi connectivity index (χ1) is 11.2. The third-order valence-electron chi connectivity index (χ3n) is 4.57. The van der Waals surface area contributed by atoms with Crippen LogP contribution >= 0.6 is 15.9 Å². The fourth-order valence-electron chi connectivity index (χ4n) is 3.40. The molecule has 0 fully saturated rings. The molecule has 4 nitrogen and oxygen atoms in total. The van der Waals surface area contributed by atoms with E-state index >= 15 is 0 Å². The topological polar surface area (TPSA) is 62.5 Å². The van der Waals surface area contributed by atoms with Crippen LogP contribution in [0.25, 0.3) is 0 Å². The van der Waals surface area contributed by atoms with Crippen molar-refractivity contribution in [3.63, 3.8) is 0 Å². The molecule has 1 aromatic heterocycles. The Kier molecular flexibility index (Phi) is 4.34. The van der Waals surface area contributed by atoms with Gasteiger partial charge in [0.05, 0.1) is 11.8 Å². The number of aliphatic hydroxyl groups is 1. The lowest BCUT2D eigenvalue weighted by molar-refractivity contribution is 0.0910. The summed E-state index contributed by atoms with van der Waals surface area (Å²) in [6.07, 6.45) is 0.812. The van der Waals surface area contributed by atoms with Crippen molar-refractivity contribution in [2.45, 2.75) is 46.6 Å². The Morgan fingerprint density at radius 3 is 2.75 bits per heavy atom. The number of hydrogen-bond donors (Lipinski definition) is 2. The number of furan rings is 1. The highest BCUT2D eigenvalue weighted by molar-refractivity contribution is 9.10. The minimum Gasteiger partial charge on any atom is -0.455 e. The molecule has 1 aliphatic carbocycles. The second-order valence-corrected chi connectivity index (χ2v) is 8.25. The molecular formula is C19H22BrNO3. The molecule has 1 amide bonds. The maximum atomic E-state index is 12.7. The first-order valence-electron chi connectivity index (χ1n) is 8.06. The molecule has 1 aromatic carbocycles. The number of nitrogens with one attached hydrogen (secondary N) is 1. The first kappa shape index (κ1) is 17.2. The molecule has 1 heterocycles. The minimum atomic E-state index is -0.583. The molecule has 0 aliphatic heterocycles. The highest BCUT2D eigenvalue weighted by atomic mass is 79.9. The summed E-state index contributed by atoms with van der Waals surface area (Å²) < 4.78 is 6.68. The van der Waals surface area contributed by atoms with E-state index in [1.54, 1.807) is 0 Å². The molecule has 3 rings (SSSR count). The Hall–Kier alpha value is -1.59. The Bertz CT molecular complexity index is 807. The molecule has 2 N–H and O–H groups in total. The van der Waals surface area contributed by atoms with Gasteiger partial charge in [-0.2, -0.15) is 0 Å². The molecule has 1 atom stereocenters. The van der Waals surface area contributed by atoms with Gasteiger partial charge in [0.15, 0.2) is 5.76 Å². The monoisotopic (exact) mass is 391 g/mol. The zero-order chi connectivity index (χ0) is 17.6. The lowest BCUT2D eigenvalue weighted by atomic mass is 9.75. The van der Waals surface area contributed by atoms with Crippen molar-refractivity contribution < 1.29 is 14.3 Å². The molecule has 2 aromatic rings. The fraction of sp³-hybridized carbons (Fsp3) is 0.421. The van der Waals surface area contributed by atoms with Crippen molar-refractivity contribution in [3.05, 3.63) is 50.9 Å². The zero-order valence-corrected chi connectivity index (χ0v) is 16.0. The fourth-order valence-corrected chi connectivity index (χ4v) is 4.00.